The third-order valence-electron chi connectivity index (χ3n) is 5.52. The number of carboxylic acid groups (broad SMARTS) is 1. The van der Waals surface area contributed by atoms with Gasteiger partial charge < -0.3 is 10.2 Å². The number of hydroxylamine groups is 2. The lowest BCUT2D eigenvalue weighted by molar-refractivity contribution is -0.190. The summed E-state index contributed by atoms with van der Waals surface area (Å²) in [6.45, 7) is 0.123. The molecule has 196 valence electrons. The van der Waals surface area contributed by atoms with E-state index in [-0.39, 0.29) is 19.7 Å². The van der Waals surface area contributed by atoms with E-state index in [1.807, 2.05) is 24.3 Å². The summed E-state index contributed by atoms with van der Waals surface area (Å²) in [6, 6.07) is 12.2. The summed E-state index contributed by atoms with van der Waals surface area (Å²) in [5.74, 6) is 5.20. The number of aliphatic carboxylic acids is 1. The van der Waals surface area contributed by atoms with Gasteiger partial charge in [0.05, 0.1) is 5.56 Å². The zero-order valence-electron chi connectivity index (χ0n) is 20.4. The van der Waals surface area contributed by atoms with Crippen LogP contribution in [0.4, 0.5) is 13.2 Å². The van der Waals surface area contributed by atoms with Crippen LogP contribution in [-0.2, 0) is 28.9 Å². The van der Waals surface area contributed by atoms with Gasteiger partial charge in [-0.3, -0.25) is 4.84 Å². The SMILES string of the molecule is O=C(O)CON(Cc1ccc(C#CCCCCCCCCCO)cc1)Cc1ccc(C(F)(F)F)cc1. The van der Waals surface area contributed by atoms with E-state index in [1.54, 1.807) is 0 Å². The van der Waals surface area contributed by atoms with Gasteiger partial charge in [0.15, 0.2) is 6.61 Å². The number of carbonyl (C=O) groups is 1. The molecular formula is C28H34F3NO4. The zero-order chi connectivity index (χ0) is 26.2. The van der Waals surface area contributed by atoms with Crippen molar-refractivity contribution in [1.82, 2.24) is 5.06 Å². The number of benzene rings is 2. The summed E-state index contributed by atoms with van der Waals surface area (Å²) in [7, 11) is 0. The highest BCUT2D eigenvalue weighted by Crippen LogP contribution is 2.29. The van der Waals surface area contributed by atoms with Crippen molar-refractivity contribution in [3.8, 4) is 11.8 Å². The molecule has 2 aromatic carbocycles. The van der Waals surface area contributed by atoms with Crippen molar-refractivity contribution in [3.05, 3.63) is 70.8 Å². The molecule has 0 aromatic heterocycles. The van der Waals surface area contributed by atoms with Crippen molar-refractivity contribution in [2.75, 3.05) is 13.2 Å². The Balaban J connectivity index is 1.84. The molecule has 5 nitrogen and oxygen atoms in total. The van der Waals surface area contributed by atoms with E-state index in [0.717, 1.165) is 55.4 Å². The zero-order valence-corrected chi connectivity index (χ0v) is 20.4. The summed E-state index contributed by atoms with van der Waals surface area (Å²) < 4.78 is 38.4. The number of hydrogen-bond donors (Lipinski definition) is 2. The number of alkyl halides is 3. The molecule has 0 aliphatic rings. The van der Waals surface area contributed by atoms with Gasteiger partial charge in [0, 0.05) is 31.7 Å². The van der Waals surface area contributed by atoms with Crippen molar-refractivity contribution in [1.29, 1.82) is 0 Å². The molecule has 8 heteroatoms. The minimum Gasteiger partial charge on any atom is -0.479 e. The topological polar surface area (TPSA) is 70.0 Å². The van der Waals surface area contributed by atoms with Crippen LogP contribution in [0.15, 0.2) is 48.5 Å². The Morgan fingerprint density at radius 3 is 1.89 bits per heavy atom. The van der Waals surface area contributed by atoms with Crippen molar-refractivity contribution in [2.45, 2.75) is 70.6 Å². The molecule has 0 spiro atoms. The number of hydrogen-bond acceptors (Lipinski definition) is 4. The fourth-order valence-corrected chi connectivity index (χ4v) is 3.57. The third-order valence-corrected chi connectivity index (χ3v) is 5.52. The minimum absolute atomic E-state index is 0.133. The monoisotopic (exact) mass is 505 g/mol. The van der Waals surface area contributed by atoms with Gasteiger partial charge in [0.2, 0.25) is 0 Å². The third kappa shape index (κ3) is 12.2. The van der Waals surface area contributed by atoms with Crippen LogP contribution in [-0.4, -0.2) is 34.5 Å². The highest BCUT2D eigenvalue weighted by Gasteiger charge is 2.30. The molecule has 0 atom stereocenters. The van der Waals surface area contributed by atoms with Gasteiger partial charge in [-0.2, -0.15) is 18.2 Å². The molecule has 2 aromatic rings. The molecule has 0 saturated heterocycles. The van der Waals surface area contributed by atoms with Gasteiger partial charge in [0.1, 0.15) is 0 Å². The normalized spacial score (nSPS) is 11.4. The quantitative estimate of drug-likeness (QED) is 0.172. The van der Waals surface area contributed by atoms with E-state index in [2.05, 4.69) is 11.8 Å². The van der Waals surface area contributed by atoms with Crippen LogP contribution in [0.2, 0.25) is 0 Å². The van der Waals surface area contributed by atoms with Crippen molar-refractivity contribution >= 4 is 5.97 Å². The Bertz CT molecular complexity index is 964. The first kappa shape index (κ1) is 29.4. The number of aliphatic hydroxyl groups excluding tert-OH is 1. The molecule has 36 heavy (non-hydrogen) atoms. The van der Waals surface area contributed by atoms with Crippen molar-refractivity contribution in [3.63, 3.8) is 0 Å². The first-order valence-corrected chi connectivity index (χ1v) is 12.2. The molecule has 0 fully saturated rings. The smallest absolute Gasteiger partial charge is 0.416 e. The standard InChI is InChI=1S/C28H34F3NO4/c29-28(30,31)26-17-15-25(16-18-26)21-32(36-22-27(34)35)20-24-13-11-23(12-14-24)10-8-6-4-2-1-3-5-7-9-19-33/h11-18,33H,1-7,9,19-22H2,(H,34,35). The van der Waals surface area contributed by atoms with E-state index >= 15 is 0 Å². The van der Waals surface area contributed by atoms with Crippen LogP contribution in [0.1, 0.15) is 73.6 Å². The number of rotatable bonds is 15. The molecule has 0 unspecified atom stereocenters. The second kappa shape index (κ2) is 16.0. The van der Waals surface area contributed by atoms with E-state index in [0.29, 0.717) is 5.56 Å². The lowest BCUT2D eigenvalue weighted by Gasteiger charge is -2.21. The second-order valence-electron chi connectivity index (χ2n) is 8.61. The molecule has 2 N–H and O–H groups in total. The predicted molar refractivity (Wildman–Crippen MR) is 132 cm³/mol. The number of carboxylic acids is 1. The summed E-state index contributed by atoms with van der Waals surface area (Å²) in [5.41, 5.74) is 1.57. The Kier molecular flexibility index (Phi) is 13.1. The number of aliphatic hydroxyl groups is 1. The van der Waals surface area contributed by atoms with Crippen LogP contribution in [0, 0.1) is 11.8 Å². The van der Waals surface area contributed by atoms with Crippen LogP contribution in [0.5, 0.6) is 0 Å². The average Bonchev–Trinajstić information content (AvgIpc) is 2.84. The summed E-state index contributed by atoms with van der Waals surface area (Å²) >= 11 is 0. The number of unbranched alkanes of at least 4 members (excludes halogenated alkanes) is 7. The minimum atomic E-state index is -4.41. The van der Waals surface area contributed by atoms with Gasteiger partial charge in [-0.1, -0.05) is 68.2 Å². The molecule has 2 rings (SSSR count). The summed E-state index contributed by atoms with van der Waals surface area (Å²) in [5, 5.41) is 19.1. The molecule has 0 aliphatic carbocycles. The van der Waals surface area contributed by atoms with E-state index in [1.165, 1.54) is 36.5 Å². The van der Waals surface area contributed by atoms with Gasteiger partial charge in [-0.25, -0.2) is 4.79 Å². The molecule has 0 aliphatic heterocycles. The fraction of sp³-hybridized carbons (Fsp3) is 0.464. The largest absolute Gasteiger partial charge is 0.479 e. The van der Waals surface area contributed by atoms with Crippen molar-refractivity contribution in [2.24, 2.45) is 0 Å². The van der Waals surface area contributed by atoms with Crippen LogP contribution >= 0.6 is 0 Å². The maximum atomic E-state index is 12.8. The Labute approximate surface area is 210 Å². The highest BCUT2D eigenvalue weighted by molar-refractivity contribution is 5.67. The van der Waals surface area contributed by atoms with Gasteiger partial charge >= 0.3 is 12.1 Å². The van der Waals surface area contributed by atoms with Crippen LogP contribution in [0.3, 0.4) is 0 Å². The van der Waals surface area contributed by atoms with Crippen molar-refractivity contribution < 1.29 is 33.0 Å². The molecule has 0 heterocycles. The Hall–Kier alpha value is -2.86. The average molecular weight is 506 g/mol. The fourth-order valence-electron chi connectivity index (χ4n) is 3.57. The number of nitrogens with zero attached hydrogens (tertiary/aromatic N) is 1. The predicted octanol–water partition coefficient (Wildman–Crippen LogP) is 6.19. The first-order chi connectivity index (χ1) is 17.3. The van der Waals surface area contributed by atoms with E-state index in [9.17, 15) is 18.0 Å². The van der Waals surface area contributed by atoms with Gasteiger partial charge in [-0.15, -0.1) is 0 Å². The summed E-state index contributed by atoms with van der Waals surface area (Å²) in [4.78, 5) is 16.3. The first-order valence-electron chi connectivity index (χ1n) is 12.2. The maximum Gasteiger partial charge on any atom is 0.416 e. The lowest BCUT2D eigenvalue weighted by Crippen LogP contribution is -2.26. The Morgan fingerprint density at radius 1 is 0.833 bits per heavy atom. The molecule has 0 saturated carbocycles. The van der Waals surface area contributed by atoms with Gasteiger partial charge in [0.25, 0.3) is 0 Å². The van der Waals surface area contributed by atoms with E-state index < -0.39 is 24.3 Å². The van der Waals surface area contributed by atoms with Crippen LogP contribution in [0.25, 0.3) is 0 Å². The second-order valence-corrected chi connectivity index (χ2v) is 8.61. The molecule has 0 radical (unpaired) electrons. The number of halogens is 3. The maximum absolute atomic E-state index is 12.8. The Morgan fingerprint density at radius 2 is 1.36 bits per heavy atom. The molecular weight excluding hydrogens is 471 g/mol. The van der Waals surface area contributed by atoms with E-state index in [4.69, 9.17) is 15.1 Å². The van der Waals surface area contributed by atoms with Gasteiger partial charge in [-0.05, 0) is 48.2 Å². The lowest BCUT2D eigenvalue weighted by atomic mass is 10.1. The van der Waals surface area contributed by atoms with Crippen LogP contribution < -0.4 is 0 Å². The highest BCUT2D eigenvalue weighted by atomic mass is 19.4. The summed E-state index contributed by atoms with van der Waals surface area (Å²) in [6.07, 6.45) is 4.16. The molecule has 0 bridgehead atoms. The molecule has 0 amide bonds.